The highest BCUT2D eigenvalue weighted by Crippen LogP contribution is 2.40. The Morgan fingerprint density at radius 1 is 1.30 bits per heavy atom. The van der Waals surface area contributed by atoms with Crippen molar-refractivity contribution in [3.05, 3.63) is 35.4 Å². The smallest absolute Gasteiger partial charge is 0.231 e. The van der Waals surface area contributed by atoms with Crippen LogP contribution in [0.1, 0.15) is 18.4 Å². The molecular weight excluding hydrogens is 316 g/mol. The van der Waals surface area contributed by atoms with Crippen LogP contribution in [0.25, 0.3) is 0 Å². The number of piperidine rings is 1. The summed E-state index contributed by atoms with van der Waals surface area (Å²) >= 11 is 6.27. The number of nitrogens with zero attached hydrogens (tertiary/aromatic N) is 4. The van der Waals surface area contributed by atoms with E-state index in [1.165, 1.54) is 18.4 Å². The van der Waals surface area contributed by atoms with E-state index in [9.17, 15) is 0 Å². The fourth-order valence-corrected chi connectivity index (χ4v) is 3.69. The van der Waals surface area contributed by atoms with Gasteiger partial charge in [-0.2, -0.15) is 5.10 Å². The molecular formula is C16H19ClN4O2. The van der Waals surface area contributed by atoms with Crippen molar-refractivity contribution in [2.75, 3.05) is 19.9 Å². The van der Waals surface area contributed by atoms with Crippen LogP contribution in [0.2, 0.25) is 5.02 Å². The maximum absolute atomic E-state index is 6.27. The minimum atomic E-state index is 0.252. The quantitative estimate of drug-likeness (QED) is 0.860. The lowest BCUT2D eigenvalue weighted by Gasteiger charge is -2.32. The zero-order valence-electron chi connectivity index (χ0n) is 12.8. The van der Waals surface area contributed by atoms with Gasteiger partial charge in [-0.05, 0) is 43.0 Å². The van der Waals surface area contributed by atoms with E-state index < -0.39 is 0 Å². The van der Waals surface area contributed by atoms with Gasteiger partial charge in [0.1, 0.15) is 12.7 Å². The Labute approximate surface area is 140 Å². The normalized spacial score (nSPS) is 20.8. The number of rotatable bonds is 4. The van der Waals surface area contributed by atoms with Gasteiger partial charge in [0.05, 0.1) is 5.02 Å². The van der Waals surface area contributed by atoms with Gasteiger partial charge in [0, 0.05) is 19.6 Å². The number of benzene rings is 1. The molecule has 2 aliphatic rings. The van der Waals surface area contributed by atoms with Gasteiger partial charge >= 0.3 is 0 Å². The number of hydrogen-bond donors (Lipinski definition) is 0. The van der Waals surface area contributed by atoms with Crippen molar-refractivity contribution in [3.63, 3.8) is 0 Å². The van der Waals surface area contributed by atoms with Gasteiger partial charge in [-0.25, -0.2) is 4.98 Å². The molecule has 0 radical (unpaired) electrons. The van der Waals surface area contributed by atoms with Gasteiger partial charge in [-0.1, -0.05) is 11.6 Å². The second-order valence-corrected chi connectivity index (χ2v) is 6.58. The molecule has 1 saturated heterocycles. The van der Waals surface area contributed by atoms with Crippen LogP contribution in [-0.4, -0.2) is 39.5 Å². The SMILES string of the molecule is Clc1cc(CN2CCC[C@H](Cn3cncn3)C2)cc2c1OCO2. The molecule has 4 rings (SSSR count). The van der Waals surface area contributed by atoms with Gasteiger partial charge in [0.25, 0.3) is 0 Å². The fourth-order valence-electron chi connectivity index (χ4n) is 3.41. The van der Waals surface area contributed by atoms with Crippen molar-refractivity contribution in [1.29, 1.82) is 0 Å². The van der Waals surface area contributed by atoms with Crippen LogP contribution in [0, 0.1) is 5.92 Å². The molecule has 1 aromatic carbocycles. The van der Waals surface area contributed by atoms with E-state index in [-0.39, 0.29) is 6.79 Å². The number of ether oxygens (including phenoxy) is 2. The Bertz CT molecular complexity index is 677. The summed E-state index contributed by atoms with van der Waals surface area (Å²) in [6.07, 6.45) is 5.82. The monoisotopic (exact) mass is 334 g/mol. The molecule has 2 aliphatic heterocycles. The summed E-state index contributed by atoms with van der Waals surface area (Å²) in [5.74, 6) is 2.02. The number of likely N-dealkylation sites (tertiary alicyclic amines) is 1. The van der Waals surface area contributed by atoms with Gasteiger partial charge < -0.3 is 9.47 Å². The summed E-state index contributed by atoms with van der Waals surface area (Å²) in [5.41, 5.74) is 1.17. The van der Waals surface area contributed by atoms with Crippen molar-refractivity contribution in [2.24, 2.45) is 5.92 Å². The van der Waals surface area contributed by atoms with Crippen LogP contribution in [0.5, 0.6) is 11.5 Å². The van der Waals surface area contributed by atoms with E-state index in [0.717, 1.165) is 31.9 Å². The Balaban J connectivity index is 1.41. The molecule has 6 nitrogen and oxygen atoms in total. The van der Waals surface area contributed by atoms with Crippen molar-refractivity contribution in [2.45, 2.75) is 25.9 Å². The molecule has 7 heteroatoms. The number of hydrogen-bond acceptors (Lipinski definition) is 5. The zero-order valence-corrected chi connectivity index (χ0v) is 13.6. The minimum Gasteiger partial charge on any atom is -0.454 e. The predicted molar refractivity (Wildman–Crippen MR) is 85.6 cm³/mol. The van der Waals surface area contributed by atoms with Crippen LogP contribution in [-0.2, 0) is 13.1 Å². The molecule has 23 heavy (non-hydrogen) atoms. The van der Waals surface area contributed by atoms with Gasteiger partial charge in [0.15, 0.2) is 11.5 Å². The first-order valence-corrected chi connectivity index (χ1v) is 8.28. The molecule has 0 aliphatic carbocycles. The molecule has 0 saturated carbocycles. The molecule has 1 aromatic heterocycles. The first-order valence-electron chi connectivity index (χ1n) is 7.91. The Morgan fingerprint density at radius 3 is 3.13 bits per heavy atom. The van der Waals surface area contributed by atoms with E-state index in [2.05, 4.69) is 15.0 Å². The van der Waals surface area contributed by atoms with Crippen LogP contribution in [0.3, 0.4) is 0 Å². The summed E-state index contributed by atoms with van der Waals surface area (Å²) in [4.78, 5) is 6.49. The topological polar surface area (TPSA) is 52.4 Å². The first kappa shape index (κ1) is 14.8. The van der Waals surface area contributed by atoms with Crippen LogP contribution >= 0.6 is 11.6 Å². The average molecular weight is 335 g/mol. The maximum atomic E-state index is 6.27. The number of halogens is 1. The summed E-state index contributed by atoms with van der Waals surface area (Å²) in [6.45, 7) is 4.23. The standard InChI is InChI=1S/C16H19ClN4O2/c17-14-4-13(5-15-16(14)23-11-22-15)7-20-3-1-2-12(6-20)8-21-10-18-9-19-21/h4-5,9-10,12H,1-3,6-8,11H2/t12-/m0/s1. The van der Waals surface area contributed by atoms with Crippen LogP contribution in [0.4, 0.5) is 0 Å². The Kier molecular flexibility index (Phi) is 4.10. The molecule has 0 amide bonds. The van der Waals surface area contributed by atoms with Crippen LogP contribution < -0.4 is 9.47 Å². The van der Waals surface area contributed by atoms with Crippen molar-refractivity contribution >= 4 is 11.6 Å². The molecule has 1 fully saturated rings. The molecule has 0 N–H and O–H groups in total. The maximum Gasteiger partial charge on any atom is 0.231 e. The minimum absolute atomic E-state index is 0.252. The largest absolute Gasteiger partial charge is 0.454 e. The average Bonchev–Trinajstić information content (AvgIpc) is 3.19. The number of aromatic nitrogens is 3. The molecule has 0 bridgehead atoms. The third-order valence-corrected chi connectivity index (χ3v) is 4.69. The van der Waals surface area contributed by atoms with E-state index in [1.54, 1.807) is 12.7 Å². The fraction of sp³-hybridized carbons (Fsp3) is 0.500. The van der Waals surface area contributed by atoms with Gasteiger partial charge in [-0.3, -0.25) is 9.58 Å². The summed E-state index contributed by atoms with van der Waals surface area (Å²) in [5, 5.41) is 4.84. The van der Waals surface area contributed by atoms with Crippen molar-refractivity contribution < 1.29 is 9.47 Å². The number of fused-ring (bicyclic) bond motifs is 1. The summed E-state index contributed by atoms with van der Waals surface area (Å²) < 4.78 is 12.7. The lowest BCUT2D eigenvalue weighted by atomic mass is 9.97. The summed E-state index contributed by atoms with van der Waals surface area (Å²) in [6, 6.07) is 4.02. The predicted octanol–water partition coefficient (Wildman–Crippen LogP) is 2.57. The Morgan fingerprint density at radius 2 is 2.26 bits per heavy atom. The third-order valence-electron chi connectivity index (χ3n) is 4.41. The highest BCUT2D eigenvalue weighted by Gasteiger charge is 2.23. The molecule has 122 valence electrons. The van der Waals surface area contributed by atoms with Gasteiger partial charge in [0.2, 0.25) is 6.79 Å². The van der Waals surface area contributed by atoms with E-state index in [4.69, 9.17) is 21.1 Å². The second-order valence-electron chi connectivity index (χ2n) is 6.17. The lowest BCUT2D eigenvalue weighted by Crippen LogP contribution is -2.36. The van der Waals surface area contributed by atoms with Crippen LogP contribution in [0.15, 0.2) is 24.8 Å². The molecule has 3 heterocycles. The second kappa shape index (κ2) is 6.37. The molecule has 0 unspecified atom stereocenters. The molecule has 1 atom stereocenters. The summed E-state index contributed by atoms with van der Waals surface area (Å²) in [7, 11) is 0. The zero-order chi connectivity index (χ0) is 15.6. The Hall–Kier alpha value is -1.79. The molecule has 2 aromatic rings. The highest BCUT2D eigenvalue weighted by molar-refractivity contribution is 6.32. The van der Waals surface area contributed by atoms with Crippen molar-refractivity contribution in [3.8, 4) is 11.5 Å². The highest BCUT2D eigenvalue weighted by atomic mass is 35.5. The van der Waals surface area contributed by atoms with E-state index >= 15 is 0 Å². The first-order chi connectivity index (χ1) is 11.3. The van der Waals surface area contributed by atoms with Gasteiger partial charge in [-0.15, -0.1) is 0 Å². The van der Waals surface area contributed by atoms with E-state index in [1.807, 2.05) is 16.8 Å². The third kappa shape index (κ3) is 3.28. The molecule has 0 spiro atoms. The lowest BCUT2D eigenvalue weighted by molar-refractivity contribution is 0.153. The van der Waals surface area contributed by atoms with E-state index in [0.29, 0.717) is 16.7 Å². The van der Waals surface area contributed by atoms with Crippen molar-refractivity contribution in [1.82, 2.24) is 19.7 Å².